The first-order chi connectivity index (χ1) is 26.3. The molecule has 298 valence electrons. The average Bonchev–Trinajstić information content (AvgIpc) is 3.45. The first-order valence-corrected chi connectivity index (χ1v) is 20.6. The molecule has 1 fully saturated rings. The second-order valence-electron chi connectivity index (χ2n) is 14.5. The highest BCUT2D eigenvalue weighted by Crippen LogP contribution is 2.36. The van der Waals surface area contributed by atoms with Crippen LogP contribution in [-0.2, 0) is 38.9 Å². The molecule has 0 aliphatic carbocycles. The van der Waals surface area contributed by atoms with Crippen LogP contribution in [0.15, 0.2) is 60.7 Å². The van der Waals surface area contributed by atoms with Crippen molar-refractivity contribution in [3.05, 3.63) is 71.8 Å². The topological polar surface area (TPSA) is 128 Å². The fraction of sp³-hybridized carbons (Fsp3) is 0.614. The number of nitrogens with zero attached hydrogens (tertiary/aromatic N) is 1. The molecule has 1 aliphatic rings. The minimum atomic E-state index is -1.51. The Balaban J connectivity index is 1.55. The van der Waals surface area contributed by atoms with Crippen LogP contribution in [0, 0.1) is 5.92 Å². The van der Waals surface area contributed by atoms with Crippen molar-refractivity contribution in [3.63, 3.8) is 0 Å². The highest BCUT2D eigenvalue weighted by Gasteiger charge is 2.54. The van der Waals surface area contributed by atoms with Crippen molar-refractivity contribution < 1.29 is 38.2 Å². The Morgan fingerprint density at radius 3 is 1.37 bits per heavy atom. The van der Waals surface area contributed by atoms with Crippen LogP contribution in [-0.4, -0.2) is 54.7 Å². The molecule has 0 atom stereocenters. The smallest absolute Gasteiger partial charge is 0.328 e. The van der Waals surface area contributed by atoms with Gasteiger partial charge in [-0.25, -0.2) is 9.69 Å². The van der Waals surface area contributed by atoms with E-state index in [-0.39, 0.29) is 26.1 Å². The third-order valence-electron chi connectivity index (χ3n) is 10.0. The van der Waals surface area contributed by atoms with Gasteiger partial charge in [0, 0.05) is 12.8 Å². The van der Waals surface area contributed by atoms with E-state index in [1.54, 1.807) is 48.5 Å². The molecule has 0 bridgehead atoms. The first-order valence-electron chi connectivity index (χ1n) is 20.6. The highest BCUT2D eigenvalue weighted by molar-refractivity contribution is 6.09. The SMILES string of the molecule is CCCCCCCCCCCC(=O)OCC(COC(=O)CCCCCCCCCCC)C(=O)OCN1C(=O)NC(c2ccccc2)(c2ccccc2)C1=O. The summed E-state index contributed by atoms with van der Waals surface area (Å²) < 4.78 is 16.4. The molecule has 0 saturated carbocycles. The molecule has 3 rings (SSSR count). The van der Waals surface area contributed by atoms with Gasteiger partial charge < -0.3 is 19.5 Å². The number of hydrogen-bond acceptors (Lipinski definition) is 8. The van der Waals surface area contributed by atoms with E-state index < -0.39 is 48.0 Å². The Kier molecular flexibility index (Phi) is 21.1. The second kappa shape index (κ2) is 25.7. The molecule has 1 heterocycles. The van der Waals surface area contributed by atoms with Gasteiger partial charge in [-0.05, 0) is 24.0 Å². The van der Waals surface area contributed by atoms with Gasteiger partial charge in [0.2, 0.25) is 0 Å². The first kappa shape index (κ1) is 44.2. The van der Waals surface area contributed by atoms with Gasteiger partial charge >= 0.3 is 23.9 Å². The van der Waals surface area contributed by atoms with Crippen LogP contribution in [0.3, 0.4) is 0 Å². The number of nitrogens with one attached hydrogen (secondary N) is 1. The molecule has 0 aromatic heterocycles. The van der Waals surface area contributed by atoms with Crippen LogP contribution >= 0.6 is 0 Å². The minimum Gasteiger partial charge on any atom is -0.465 e. The summed E-state index contributed by atoms with van der Waals surface area (Å²) >= 11 is 0. The summed E-state index contributed by atoms with van der Waals surface area (Å²) in [7, 11) is 0. The number of benzene rings is 2. The standard InChI is InChI=1S/C44H64N2O8/c1-3-5-7-9-11-13-15-17-25-31-39(47)52-33-36(34-53-40(48)32-26-18-16-14-12-10-8-6-4-2)41(49)54-35-46-42(50)44(45-43(46)51,37-27-21-19-22-28-37)38-29-23-20-24-30-38/h19-24,27-30,36H,3-18,25-26,31-35H2,1-2H3,(H,45,51). The lowest BCUT2D eigenvalue weighted by molar-refractivity contribution is -0.163. The molecule has 0 unspecified atom stereocenters. The zero-order chi connectivity index (χ0) is 38.9. The van der Waals surface area contributed by atoms with Gasteiger partial charge in [-0.1, -0.05) is 177 Å². The van der Waals surface area contributed by atoms with Gasteiger partial charge in [0.1, 0.15) is 19.1 Å². The number of ether oxygens (including phenoxy) is 3. The van der Waals surface area contributed by atoms with Gasteiger partial charge in [-0.2, -0.15) is 0 Å². The molecular formula is C44H64N2O8. The van der Waals surface area contributed by atoms with E-state index >= 15 is 0 Å². The van der Waals surface area contributed by atoms with Crippen molar-refractivity contribution in [2.75, 3.05) is 19.9 Å². The fourth-order valence-electron chi connectivity index (χ4n) is 6.75. The van der Waals surface area contributed by atoms with E-state index in [0.717, 1.165) is 43.4 Å². The van der Waals surface area contributed by atoms with E-state index in [4.69, 9.17) is 14.2 Å². The van der Waals surface area contributed by atoms with Gasteiger partial charge in [0.25, 0.3) is 5.91 Å². The van der Waals surface area contributed by atoms with Crippen molar-refractivity contribution in [2.24, 2.45) is 5.92 Å². The quantitative estimate of drug-likeness (QED) is 0.0377. The molecule has 2 aromatic rings. The van der Waals surface area contributed by atoms with Crippen LogP contribution < -0.4 is 5.32 Å². The number of carbonyl (C=O) groups excluding carboxylic acids is 5. The summed E-state index contributed by atoms with van der Waals surface area (Å²) in [5, 5.41) is 2.83. The van der Waals surface area contributed by atoms with Crippen molar-refractivity contribution in [1.82, 2.24) is 10.2 Å². The Labute approximate surface area is 323 Å². The summed E-state index contributed by atoms with van der Waals surface area (Å²) in [5.74, 6) is -3.46. The lowest BCUT2D eigenvalue weighted by Gasteiger charge is -2.28. The Morgan fingerprint density at radius 2 is 0.963 bits per heavy atom. The predicted molar refractivity (Wildman–Crippen MR) is 209 cm³/mol. The van der Waals surface area contributed by atoms with Crippen molar-refractivity contribution in [2.45, 2.75) is 148 Å². The number of carbonyl (C=O) groups is 5. The molecule has 1 N–H and O–H groups in total. The summed E-state index contributed by atoms with van der Waals surface area (Å²) in [6, 6.07) is 17.0. The number of imide groups is 1. The number of amides is 3. The number of hydrogen-bond donors (Lipinski definition) is 1. The summed E-state index contributed by atoms with van der Waals surface area (Å²) in [6.07, 6.45) is 20.5. The van der Waals surface area contributed by atoms with Crippen LogP contribution in [0.5, 0.6) is 0 Å². The van der Waals surface area contributed by atoms with Gasteiger partial charge in [0.15, 0.2) is 12.3 Å². The Bertz CT molecular complexity index is 1320. The maximum atomic E-state index is 14.0. The normalized spacial score (nSPS) is 13.6. The van der Waals surface area contributed by atoms with Crippen molar-refractivity contribution in [1.29, 1.82) is 0 Å². The van der Waals surface area contributed by atoms with Gasteiger partial charge in [0.05, 0.1) is 0 Å². The monoisotopic (exact) mass is 748 g/mol. The highest BCUT2D eigenvalue weighted by atomic mass is 16.6. The van der Waals surface area contributed by atoms with Gasteiger partial charge in [-0.15, -0.1) is 0 Å². The molecule has 3 amide bonds. The molecule has 2 aromatic carbocycles. The maximum Gasteiger partial charge on any atom is 0.328 e. The molecule has 1 saturated heterocycles. The summed E-state index contributed by atoms with van der Waals surface area (Å²) in [5.41, 5.74) is -0.404. The lowest BCUT2D eigenvalue weighted by atomic mass is 9.83. The summed E-state index contributed by atoms with van der Waals surface area (Å²) in [4.78, 5) is 66.8. The van der Waals surface area contributed by atoms with Crippen molar-refractivity contribution in [3.8, 4) is 0 Å². The zero-order valence-electron chi connectivity index (χ0n) is 32.8. The van der Waals surface area contributed by atoms with Gasteiger partial charge in [-0.3, -0.25) is 19.2 Å². The molecule has 10 nitrogen and oxygen atoms in total. The van der Waals surface area contributed by atoms with Crippen LogP contribution in [0.4, 0.5) is 4.79 Å². The van der Waals surface area contributed by atoms with E-state index in [1.807, 2.05) is 12.1 Å². The van der Waals surface area contributed by atoms with E-state index in [0.29, 0.717) is 24.0 Å². The number of esters is 3. The minimum absolute atomic E-state index is 0.222. The fourth-order valence-corrected chi connectivity index (χ4v) is 6.75. The summed E-state index contributed by atoms with van der Waals surface area (Å²) in [6.45, 7) is 3.04. The van der Waals surface area contributed by atoms with E-state index in [2.05, 4.69) is 19.2 Å². The number of unbranched alkanes of at least 4 members (excludes halogenated alkanes) is 16. The van der Waals surface area contributed by atoms with Crippen LogP contribution in [0.2, 0.25) is 0 Å². The van der Waals surface area contributed by atoms with Crippen LogP contribution in [0.1, 0.15) is 153 Å². The predicted octanol–water partition coefficient (Wildman–Crippen LogP) is 9.53. The average molecular weight is 749 g/mol. The number of urea groups is 1. The van der Waals surface area contributed by atoms with E-state index in [9.17, 15) is 24.0 Å². The molecule has 1 aliphatic heterocycles. The Hall–Kier alpha value is -4.21. The Morgan fingerprint density at radius 1 is 0.574 bits per heavy atom. The van der Waals surface area contributed by atoms with Crippen molar-refractivity contribution >= 4 is 29.8 Å². The largest absolute Gasteiger partial charge is 0.465 e. The zero-order valence-corrected chi connectivity index (χ0v) is 32.8. The maximum absolute atomic E-state index is 14.0. The third-order valence-corrected chi connectivity index (χ3v) is 10.0. The van der Waals surface area contributed by atoms with E-state index in [1.165, 1.54) is 64.2 Å². The lowest BCUT2D eigenvalue weighted by Crippen LogP contribution is -2.45. The van der Waals surface area contributed by atoms with Crippen LogP contribution in [0.25, 0.3) is 0 Å². The third kappa shape index (κ3) is 14.9. The molecule has 54 heavy (non-hydrogen) atoms. The molecular weight excluding hydrogens is 684 g/mol. The molecule has 0 radical (unpaired) electrons. The molecule has 10 heteroatoms. The second-order valence-corrected chi connectivity index (χ2v) is 14.5. The molecule has 0 spiro atoms. The number of rotatable bonds is 29.